The van der Waals surface area contributed by atoms with Crippen molar-refractivity contribution in [3.63, 3.8) is 0 Å². The largest absolute Gasteiger partial charge is 0.478 e. The van der Waals surface area contributed by atoms with E-state index in [0.29, 0.717) is 11.1 Å². The monoisotopic (exact) mass is 411 g/mol. The number of rotatable bonds is 4. The molecular weight excluding hydrogens is 395 g/mol. The molecule has 0 saturated heterocycles. The van der Waals surface area contributed by atoms with Crippen molar-refractivity contribution in [2.45, 2.75) is 19.5 Å². The van der Waals surface area contributed by atoms with E-state index in [-0.39, 0.29) is 28.0 Å². The molecule has 0 radical (unpaired) electrons. The van der Waals surface area contributed by atoms with Crippen LogP contribution in [0.15, 0.2) is 54.6 Å². The van der Waals surface area contributed by atoms with E-state index in [1.54, 1.807) is 12.1 Å². The van der Waals surface area contributed by atoms with Gasteiger partial charge in [0.2, 0.25) is 0 Å². The fraction of sp³-hybridized carbons (Fsp3) is 0.136. The predicted molar refractivity (Wildman–Crippen MR) is 106 cm³/mol. The molecule has 0 unspecified atom stereocenters. The van der Waals surface area contributed by atoms with E-state index in [4.69, 9.17) is 5.11 Å². The van der Waals surface area contributed by atoms with Crippen LogP contribution in [0.25, 0.3) is 33.5 Å². The maximum Gasteiger partial charge on any atom is 0.417 e. The van der Waals surface area contributed by atoms with Crippen molar-refractivity contribution in [2.24, 2.45) is 0 Å². The van der Waals surface area contributed by atoms with E-state index >= 15 is 0 Å². The zero-order valence-corrected chi connectivity index (χ0v) is 15.8. The number of pyridine rings is 1. The van der Waals surface area contributed by atoms with Crippen LogP contribution >= 0.6 is 0 Å². The van der Waals surface area contributed by atoms with Crippen molar-refractivity contribution in [1.29, 1.82) is 0 Å². The highest BCUT2D eigenvalue weighted by Crippen LogP contribution is 2.40. The smallest absolute Gasteiger partial charge is 0.417 e. The molecule has 0 spiro atoms. The van der Waals surface area contributed by atoms with Gasteiger partial charge in [-0.05, 0) is 30.2 Å². The Morgan fingerprint density at radius 1 is 1.03 bits per heavy atom. The number of benzene rings is 2. The first kappa shape index (κ1) is 19.6. The molecule has 2 aromatic heterocycles. The summed E-state index contributed by atoms with van der Waals surface area (Å²) in [6, 6.07) is 13.7. The van der Waals surface area contributed by atoms with Crippen LogP contribution in [0, 0.1) is 0 Å². The molecule has 30 heavy (non-hydrogen) atoms. The van der Waals surface area contributed by atoms with E-state index in [0.717, 1.165) is 18.1 Å². The summed E-state index contributed by atoms with van der Waals surface area (Å²) in [5.41, 5.74) is 1.46. The summed E-state index contributed by atoms with van der Waals surface area (Å²) >= 11 is 0. The molecule has 0 amide bonds. The van der Waals surface area contributed by atoms with Gasteiger partial charge in [-0.25, -0.2) is 9.78 Å². The summed E-state index contributed by atoms with van der Waals surface area (Å²) in [4.78, 5) is 15.3. The van der Waals surface area contributed by atoms with Crippen molar-refractivity contribution in [3.8, 4) is 22.5 Å². The average Bonchev–Trinajstić information content (AvgIpc) is 3.16. The lowest BCUT2D eigenvalue weighted by Gasteiger charge is -2.12. The van der Waals surface area contributed by atoms with E-state index in [9.17, 15) is 18.0 Å². The average molecular weight is 411 g/mol. The van der Waals surface area contributed by atoms with Crippen molar-refractivity contribution in [3.05, 3.63) is 71.3 Å². The van der Waals surface area contributed by atoms with Crippen LogP contribution in [0.2, 0.25) is 0 Å². The summed E-state index contributed by atoms with van der Waals surface area (Å²) in [5.74, 6) is -1.12. The first-order valence-corrected chi connectivity index (χ1v) is 9.17. The number of nitrogens with one attached hydrogen (secondary N) is 1. The molecule has 4 rings (SSSR count). The maximum atomic E-state index is 13.9. The molecule has 0 saturated carbocycles. The zero-order chi connectivity index (χ0) is 21.5. The third-order valence-electron chi connectivity index (χ3n) is 4.91. The maximum absolute atomic E-state index is 13.9. The normalized spacial score (nSPS) is 11.7. The van der Waals surface area contributed by atoms with Gasteiger partial charge in [-0.3, -0.25) is 5.10 Å². The number of aromatic nitrogens is 3. The van der Waals surface area contributed by atoms with Gasteiger partial charge >= 0.3 is 12.1 Å². The standard InChI is InChI=1S/C22H16F3N3O2/c1-2-12-3-5-14(6-4-12)19-18-16(22(23,24)25)11-17(26-20(18)28-27-19)13-7-9-15(10-8-13)21(29)30/h3-11H,2H2,1H3,(H,29,30)(H,26,27,28). The molecular formula is C22H16F3N3O2. The Morgan fingerprint density at radius 3 is 2.23 bits per heavy atom. The second-order valence-electron chi connectivity index (χ2n) is 6.78. The number of halogens is 3. The summed E-state index contributed by atoms with van der Waals surface area (Å²) in [5, 5.41) is 15.6. The van der Waals surface area contributed by atoms with Crippen molar-refractivity contribution < 1.29 is 23.1 Å². The molecule has 8 heteroatoms. The molecule has 5 nitrogen and oxygen atoms in total. The Kier molecular flexibility index (Phi) is 4.77. The SMILES string of the molecule is CCc1ccc(-c2[nH]nc3nc(-c4ccc(C(=O)O)cc4)cc(C(F)(F)F)c23)cc1. The fourth-order valence-electron chi connectivity index (χ4n) is 3.29. The van der Waals surface area contributed by atoms with Crippen LogP contribution in [0.5, 0.6) is 0 Å². The minimum absolute atomic E-state index is 0.0356. The predicted octanol–water partition coefficient (Wildman–Crippen LogP) is 5.57. The van der Waals surface area contributed by atoms with Crippen LogP contribution in [-0.4, -0.2) is 26.3 Å². The molecule has 0 atom stereocenters. The highest BCUT2D eigenvalue weighted by molar-refractivity contribution is 5.95. The highest BCUT2D eigenvalue weighted by atomic mass is 19.4. The number of carboxylic acids is 1. The van der Waals surface area contributed by atoms with E-state index in [2.05, 4.69) is 15.2 Å². The number of H-pyrrole nitrogens is 1. The number of carboxylic acid groups (broad SMARTS) is 1. The van der Waals surface area contributed by atoms with Gasteiger partial charge in [0, 0.05) is 11.1 Å². The van der Waals surface area contributed by atoms with Crippen LogP contribution in [-0.2, 0) is 12.6 Å². The molecule has 0 aliphatic rings. The van der Waals surface area contributed by atoms with Gasteiger partial charge in [-0.1, -0.05) is 43.3 Å². The van der Waals surface area contributed by atoms with Gasteiger partial charge < -0.3 is 5.11 Å². The van der Waals surface area contributed by atoms with Gasteiger partial charge in [0.05, 0.1) is 27.9 Å². The molecule has 0 aliphatic heterocycles. The van der Waals surface area contributed by atoms with E-state index < -0.39 is 17.7 Å². The minimum Gasteiger partial charge on any atom is -0.478 e. The van der Waals surface area contributed by atoms with Crippen molar-refractivity contribution in [1.82, 2.24) is 15.2 Å². The Labute approximate surface area is 169 Å². The Balaban J connectivity index is 1.89. The molecule has 2 heterocycles. The Morgan fingerprint density at radius 2 is 1.67 bits per heavy atom. The van der Waals surface area contributed by atoms with Crippen LogP contribution in [0.4, 0.5) is 13.2 Å². The Hall–Kier alpha value is -3.68. The molecule has 0 aliphatic carbocycles. The summed E-state index contributed by atoms with van der Waals surface area (Å²) in [6.07, 6.45) is -3.80. The first-order valence-electron chi connectivity index (χ1n) is 9.17. The minimum atomic E-state index is -4.63. The lowest BCUT2D eigenvalue weighted by molar-refractivity contribution is -0.136. The lowest BCUT2D eigenvalue weighted by Crippen LogP contribution is -2.07. The van der Waals surface area contributed by atoms with Gasteiger partial charge in [0.25, 0.3) is 0 Å². The van der Waals surface area contributed by atoms with Crippen LogP contribution in [0.1, 0.15) is 28.4 Å². The second kappa shape index (κ2) is 7.29. The lowest BCUT2D eigenvalue weighted by atomic mass is 10.0. The quantitative estimate of drug-likeness (QED) is 0.460. The summed E-state index contributed by atoms with van der Waals surface area (Å²) in [6.45, 7) is 2.00. The first-order chi connectivity index (χ1) is 14.3. The Bertz CT molecular complexity index is 1230. The van der Waals surface area contributed by atoms with Crippen molar-refractivity contribution in [2.75, 3.05) is 0 Å². The number of hydrogen-bond acceptors (Lipinski definition) is 3. The molecule has 0 bridgehead atoms. The van der Waals surface area contributed by atoms with Gasteiger partial charge in [-0.2, -0.15) is 18.3 Å². The van der Waals surface area contributed by atoms with Crippen LogP contribution in [0.3, 0.4) is 0 Å². The number of carbonyl (C=O) groups is 1. The third kappa shape index (κ3) is 3.52. The molecule has 152 valence electrons. The number of aromatic carboxylic acids is 1. The fourth-order valence-corrected chi connectivity index (χ4v) is 3.29. The highest BCUT2D eigenvalue weighted by Gasteiger charge is 2.35. The van der Waals surface area contributed by atoms with Gasteiger partial charge in [0.15, 0.2) is 5.65 Å². The van der Waals surface area contributed by atoms with Gasteiger partial charge in [-0.15, -0.1) is 0 Å². The zero-order valence-electron chi connectivity index (χ0n) is 15.8. The number of aromatic amines is 1. The summed E-state index contributed by atoms with van der Waals surface area (Å²) in [7, 11) is 0. The molecule has 4 aromatic rings. The molecule has 2 N–H and O–H groups in total. The van der Waals surface area contributed by atoms with Crippen LogP contribution < -0.4 is 0 Å². The molecule has 0 fully saturated rings. The second-order valence-corrected chi connectivity index (χ2v) is 6.78. The molecule has 2 aromatic carbocycles. The number of hydrogen-bond donors (Lipinski definition) is 2. The number of nitrogens with zero attached hydrogens (tertiary/aromatic N) is 2. The van der Waals surface area contributed by atoms with E-state index in [1.165, 1.54) is 24.3 Å². The van der Waals surface area contributed by atoms with Crippen molar-refractivity contribution >= 4 is 17.0 Å². The third-order valence-corrected chi connectivity index (χ3v) is 4.91. The number of aryl methyl sites for hydroxylation is 1. The van der Waals surface area contributed by atoms with Gasteiger partial charge in [0.1, 0.15) is 0 Å². The van der Waals surface area contributed by atoms with E-state index in [1.807, 2.05) is 19.1 Å². The topological polar surface area (TPSA) is 78.9 Å². The summed E-state index contributed by atoms with van der Waals surface area (Å²) < 4.78 is 41.8. The number of fused-ring (bicyclic) bond motifs is 1. The number of alkyl halides is 3.